The van der Waals surface area contributed by atoms with Gasteiger partial charge in [0.25, 0.3) is 0 Å². The summed E-state index contributed by atoms with van der Waals surface area (Å²) in [7, 11) is 0. The molecule has 0 aromatic heterocycles. The molecule has 0 N–H and O–H groups in total. The van der Waals surface area contributed by atoms with Crippen LogP contribution in [-0.2, 0) is 4.74 Å². The zero-order valence-corrected chi connectivity index (χ0v) is 11.1. The number of benzene rings is 1. The van der Waals surface area contributed by atoms with Gasteiger partial charge in [0.15, 0.2) is 0 Å². The first kappa shape index (κ1) is 14.3. The molecule has 1 aliphatic carbocycles. The Bertz CT molecular complexity index is 522. The van der Waals surface area contributed by atoms with Crippen LogP contribution in [0.5, 0.6) is 0 Å². The van der Waals surface area contributed by atoms with Gasteiger partial charge in [0.2, 0.25) is 0 Å². The number of esters is 1. The molecule has 0 heterocycles. The minimum Gasteiger partial charge on any atom is -0.459 e. The summed E-state index contributed by atoms with van der Waals surface area (Å²) >= 11 is 0. The highest BCUT2D eigenvalue weighted by molar-refractivity contribution is 5.89. The van der Waals surface area contributed by atoms with Gasteiger partial charge in [0.05, 0.1) is 11.6 Å². The quantitative estimate of drug-likeness (QED) is 0.624. The van der Waals surface area contributed by atoms with Gasteiger partial charge >= 0.3 is 5.97 Å². The Hall–Kier alpha value is -2.15. The van der Waals surface area contributed by atoms with Gasteiger partial charge in [-0.25, -0.2) is 9.18 Å². The molecule has 3 nitrogen and oxygen atoms in total. The van der Waals surface area contributed by atoms with Gasteiger partial charge in [-0.2, -0.15) is 5.26 Å². The van der Waals surface area contributed by atoms with Crippen molar-refractivity contribution in [3.8, 4) is 6.07 Å². The standard InChI is InChI=1S/C16H16FNO2/c17-14-7-5-13(6-8-14)16(19)20-15-9-3-12(4-10-15)2-1-11-18/h1-2,5-8,12,15H,3-4,9-10H2/b2-1+. The summed E-state index contributed by atoms with van der Waals surface area (Å²) in [5.41, 5.74) is 0.373. The molecule has 0 unspecified atom stereocenters. The lowest BCUT2D eigenvalue weighted by Gasteiger charge is -2.26. The first-order chi connectivity index (χ1) is 9.69. The van der Waals surface area contributed by atoms with Crippen LogP contribution >= 0.6 is 0 Å². The summed E-state index contributed by atoms with van der Waals surface area (Å²) in [5.74, 6) is -0.372. The van der Waals surface area contributed by atoms with Crippen molar-refractivity contribution in [2.45, 2.75) is 31.8 Å². The molecule has 0 bridgehead atoms. The maximum atomic E-state index is 12.8. The number of halogens is 1. The van der Waals surface area contributed by atoms with Crippen LogP contribution in [0.25, 0.3) is 0 Å². The molecule has 1 aliphatic rings. The Morgan fingerprint density at radius 1 is 1.25 bits per heavy atom. The number of nitrogens with zero attached hydrogens (tertiary/aromatic N) is 1. The largest absolute Gasteiger partial charge is 0.459 e. The molecule has 104 valence electrons. The van der Waals surface area contributed by atoms with E-state index in [0.29, 0.717) is 11.5 Å². The number of hydrogen-bond acceptors (Lipinski definition) is 3. The first-order valence-electron chi connectivity index (χ1n) is 6.72. The number of allylic oxidation sites excluding steroid dienone is 2. The number of nitriles is 1. The number of ether oxygens (including phenoxy) is 1. The van der Waals surface area contributed by atoms with Crippen LogP contribution < -0.4 is 0 Å². The molecular weight excluding hydrogens is 257 g/mol. The fourth-order valence-corrected chi connectivity index (χ4v) is 2.38. The third-order valence-corrected chi connectivity index (χ3v) is 3.52. The van der Waals surface area contributed by atoms with Crippen molar-refractivity contribution in [2.24, 2.45) is 5.92 Å². The molecule has 0 radical (unpaired) electrons. The molecule has 1 aromatic rings. The topological polar surface area (TPSA) is 50.1 Å². The Morgan fingerprint density at radius 2 is 1.90 bits per heavy atom. The summed E-state index contributed by atoms with van der Waals surface area (Å²) in [6.07, 6.45) is 6.77. The Balaban J connectivity index is 1.83. The van der Waals surface area contributed by atoms with Crippen LogP contribution in [-0.4, -0.2) is 12.1 Å². The predicted octanol–water partition coefficient (Wildman–Crippen LogP) is 3.62. The van der Waals surface area contributed by atoms with E-state index in [-0.39, 0.29) is 11.9 Å². The van der Waals surface area contributed by atoms with Crippen LogP contribution in [0.3, 0.4) is 0 Å². The van der Waals surface area contributed by atoms with E-state index in [1.807, 2.05) is 12.1 Å². The van der Waals surface area contributed by atoms with Crippen LogP contribution in [0.2, 0.25) is 0 Å². The molecule has 0 aliphatic heterocycles. The van der Waals surface area contributed by atoms with Crippen LogP contribution in [0.4, 0.5) is 4.39 Å². The highest BCUT2D eigenvalue weighted by atomic mass is 19.1. The summed E-state index contributed by atoms with van der Waals surface area (Å²) in [4.78, 5) is 11.9. The fraction of sp³-hybridized carbons (Fsp3) is 0.375. The van der Waals surface area contributed by atoms with Gasteiger partial charge in [-0.1, -0.05) is 6.08 Å². The number of hydrogen-bond donors (Lipinski definition) is 0. The maximum absolute atomic E-state index is 12.8. The zero-order chi connectivity index (χ0) is 14.4. The molecular formula is C16H16FNO2. The normalized spacial score (nSPS) is 22.4. The summed E-state index contributed by atoms with van der Waals surface area (Å²) in [6, 6.07) is 7.35. The molecule has 2 rings (SSSR count). The SMILES string of the molecule is N#C/C=C/C1CCC(OC(=O)c2ccc(F)cc2)CC1. The highest BCUT2D eigenvalue weighted by Gasteiger charge is 2.23. The van der Waals surface area contributed by atoms with Crippen molar-refractivity contribution in [3.63, 3.8) is 0 Å². The average Bonchev–Trinajstić information content (AvgIpc) is 2.47. The van der Waals surface area contributed by atoms with E-state index >= 15 is 0 Å². The van der Waals surface area contributed by atoms with Crippen molar-refractivity contribution in [1.29, 1.82) is 5.26 Å². The minimum atomic E-state index is -0.402. The monoisotopic (exact) mass is 273 g/mol. The van der Waals surface area contributed by atoms with E-state index in [9.17, 15) is 9.18 Å². The lowest BCUT2D eigenvalue weighted by Crippen LogP contribution is -2.24. The van der Waals surface area contributed by atoms with E-state index in [0.717, 1.165) is 25.7 Å². The molecule has 1 aromatic carbocycles. The number of rotatable bonds is 3. The van der Waals surface area contributed by atoms with Gasteiger partial charge in [0, 0.05) is 6.08 Å². The molecule has 1 saturated carbocycles. The predicted molar refractivity (Wildman–Crippen MR) is 72.3 cm³/mol. The van der Waals surface area contributed by atoms with Crippen molar-refractivity contribution in [1.82, 2.24) is 0 Å². The van der Waals surface area contributed by atoms with E-state index < -0.39 is 5.97 Å². The zero-order valence-electron chi connectivity index (χ0n) is 11.1. The lowest BCUT2D eigenvalue weighted by molar-refractivity contribution is 0.0185. The van der Waals surface area contributed by atoms with Crippen LogP contribution in [0, 0.1) is 23.1 Å². The molecule has 20 heavy (non-hydrogen) atoms. The van der Waals surface area contributed by atoms with Crippen molar-refractivity contribution >= 4 is 5.97 Å². The Kier molecular flexibility index (Phi) is 4.89. The van der Waals surface area contributed by atoms with E-state index in [4.69, 9.17) is 10.00 Å². The van der Waals surface area contributed by atoms with Gasteiger partial charge < -0.3 is 4.74 Å². The van der Waals surface area contributed by atoms with Gasteiger partial charge in [-0.15, -0.1) is 0 Å². The second kappa shape index (κ2) is 6.85. The van der Waals surface area contributed by atoms with E-state index in [2.05, 4.69) is 0 Å². The van der Waals surface area contributed by atoms with E-state index in [1.165, 1.54) is 30.3 Å². The number of carbonyl (C=O) groups excluding carboxylic acids is 1. The summed E-state index contributed by atoms with van der Waals surface area (Å²) < 4.78 is 18.2. The summed E-state index contributed by atoms with van der Waals surface area (Å²) in [6.45, 7) is 0. The van der Waals surface area contributed by atoms with Gasteiger partial charge in [-0.3, -0.25) is 0 Å². The maximum Gasteiger partial charge on any atom is 0.338 e. The van der Waals surface area contributed by atoms with Crippen molar-refractivity contribution in [2.75, 3.05) is 0 Å². The Labute approximate surface area is 117 Å². The molecule has 0 saturated heterocycles. The molecule has 1 fully saturated rings. The minimum absolute atomic E-state index is 0.0840. The Morgan fingerprint density at radius 3 is 2.50 bits per heavy atom. The number of carbonyl (C=O) groups is 1. The van der Waals surface area contributed by atoms with E-state index in [1.54, 1.807) is 0 Å². The molecule has 0 atom stereocenters. The molecule has 0 amide bonds. The molecule has 4 heteroatoms. The van der Waals surface area contributed by atoms with Crippen molar-refractivity contribution in [3.05, 3.63) is 47.8 Å². The fourth-order valence-electron chi connectivity index (χ4n) is 2.38. The van der Waals surface area contributed by atoms with Gasteiger partial charge in [0.1, 0.15) is 11.9 Å². The highest BCUT2D eigenvalue weighted by Crippen LogP contribution is 2.27. The lowest BCUT2D eigenvalue weighted by atomic mass is 9.87. The van der Waals surface area contributed by atoms with Crippen LogP contribution in [0.1, 0.15) is 36.0 Å². The first-order valence-corrected chi connectivity index (χ1v) is 6.72. The third-order valence-electron chi connectivity index (χ3n) is 3.52. The summed E-state index contributed by atoms with van der Waals surface area (Å²) in [5, 5.41) is 8.48. The molecule has 0 spiro atoms. The van der Waals surface area contributed by atoms with Crippen molar-refractivity contribution < 1.29 is 13.9 Å². The third kappa shape index (κ3) is 3.92. The second-order valence-electron chi connectivity index (χ2n) is 4.94. The average molecular weight is 273 g/mol. The van der Waals surface area contributed by atoms with Gasteiger partial charge in [-0.05, 0) is 55.9 Å². The van der Waals surface area contributed by atoms with Crippen LogP contribution in [0.15, 0.2) is 36.4 Å². The smallest absolute Gasteiger partial charge is 0.338 e. The second-order valence-corrected chi connectivity index (χ2v) is 4.94.